The van der Waals surface area contributed by atoms with E-state index in [9.17, 15) is 13.6 Å². The SMILES string of the molecule is CCCCOc1c(NC(=O)c2ccccc2F)cccc1NC(=S)NC(C)c1ccc(F)cc1. The summed E-state index contributed by atoms with van der Waals surface area (Å²) < 4.78 is 33.3. The third-order valence-electron chi connectivity index (χ3n) is 5.09. The van der Waals surface area contributed by atoms with Gasteiger partial charge in [0.05, 0.1) is 29.6 Å². The number of para-hydroxylation sites is 1. The summed E-state index contributed by atoms with van der Waals surface area (Å²) in [6.45, 7) is 4.39. The van der Waals surface area contributed by atoms with Crippen molar-refractivity contribution in [3.8, 4) is 5.75 Å². The van der Waals surface area contributed by atoms with Gasteiger partial charge in [-0.15, -0.1) is 0 Å². The van der Waals surface area contributed by atoms with Crippen molar-refractivity contribution in [2.24, 2.45) is 0 Å². The second kappa shape index (κ2) is 12.1. The molecular weight excluding hydrogens is 456 g/mol. The molecule has 0 aliphatic rings. The highest BCUT2D eigenvalue weighted by Gasteiger charge is 2.17. The smallest absolute Gasteiger partial charge is 0.258 e. The van der Waals surface area contributed by atoms with Crippen molar-refractivity contribution in [2.75, 3.05) is 17.2 Å². The largest absolute Gasteiger partial charge is 0.489 e. The van der Waals surface area contributed by atoms with Gasteiger partial charge in [0.2, 0.25) is 0 Å². The molecule has 3 N–H and O–H groups in total. The lowest BCUT2D eigenvalue weighted by molar-refractivity contribution is 0.102. The van der Waals surface area contributed by atoms with Gasteiger partial charge < -0.3 is 20.7 Å². The number of benzene rings is 3. The second-order valence-electron chi connectivity index (χ2n) is 7.69. The Bertz CT molecular complexity index is 1140. The quantitative estimate of drug-likeness (QED) is 0.241. The molecule has 3 rings (SSSR count). The number of hydrogen-bond donors (Lipinski definition) is 3. The van der Waals surface area contributed by atoms with Crippen LogP contribution in [0.5, 0.6) is 5.75 Å². The van der Waals surface area contributed by atoms with Crippen LogP contribution >= 0.6 is 12.2 Å². The van der Waals surface area contributed by atoms with Gasteiger partial charge in [-0.05, 0) is 67.5 Å². The molecule has 5 nitrogen and oxygen atoms in total. The zero-order chi connectivity index (χ0) is 24.5. The molecule has 0 saturated carbocycles. The van der Waals surface area contributed by atoms with Crippen LogP contribution in [0.25, 0.3) is 0 Å². The molecule has 3 aromatic rings. The summed E-state index contributed by atoms with van der Waals surface area (Å²) in [5.41, 5.74) is 1.75. The molecule has 1 unspecified atom stereocenters. The molecule has 34 heavy (non-hydrogen) atoms. The molecular formula is C26H27F2N3O2S. The number of thiocarbonyl (C=S) groups is 1. The molecule has 1 amide bonds. The third-order valence-corrected chi connectivity index (χ3v) is 5.31. The van der Waals surface area contributed by atoms with E-state index in [-0.39, 0.29) is 17.4 Å². The first kappa shape index (κ1) is 25.1. The zero-order valence-electron chi connectivity index (χ0n) is 19.0. The van der Waals surface area contributed by atoms with Crippen LogP contribution in [0.15, 0.2) is 66.7 Å². The summed E-state index contributed by atoms with van der Waals surface area (Å²) in [5.74, 6) is -1.09. The van der Waals surface area contributed by atoms with Crippen molar-refractivity contribution < 1.29 is 18.3 Å². The predicted octanol–water partition coefficient (Wildman–Crippen LogP) is 6.44. The maximum Gasteiger partial charge on any atom is 0.258 e. The number of amides is 1. The lowest BCUT2D eigenvalue weighted by Gasteiger charge is -2.20. The van der Waals surface area contributed by atoms with Gasteiger partial charge in [0.15, 0.2) is 10.9 Å². The van der Waals surface area contributed by atoms with Crippen LogP contribution in [-0.4, -0.2) is 17.6 Å². The third kappa shape index (κ3) is 6.74. The number of halogens is 2. The fourth-order valence-corrected chi connectivity index (χ4v) is 3.52. The van der Waals surface area contributed by atoms with Gasteiger partial charge in [-0.25, -0.2) is 8.78 Å². The van der Waals surface area contributed by atoms with E-state index in [0.717, 1.165) is 18.4 Å². The van der Waals surface area contributed by atoms with E-state index in [0.29, 0.717) is 28.8 Å². The van der Waals surface area contributed by atoms with Crippen LogP contribution in [0.4, 0.5) is 20.2 Å². The molecule has 0 radical (unpaired) electrons. The number of carbonyl (C=O) groups is 1. The average Bonchev–Trinajstić information content (AvgIpc) is 2.81. The van der Waals surface area contributed by atoms with Crippen molar-refractivity contribution in [1.29, 1.82) is 0 Å². The fraction of sp³-hybridized carbons (Fsp3) is 0.231. The summed E-state index contributed by atoms with van der Waals surface area (Å²) in [7, 11) is 0. The van der Waals surface area contributed by atoms with Gasteiger partial charge in [0.1, 0.15) is 11.6 Å². The Morgan fingerprint density at radius 1 is 0.971 bits per heavy atom. The standard InChI is InChI=1S/C26H27F2N3O2S/c1-3-4-16-33-24-22(30-25(32)20-8-5-6-9-21(20)28)10-7-11-23(24)31-26(34)29-17(2)18-12-14-19(27)15-13-18/h5-15,17H,3-4,16H2,1-2H3,(H,30,32)(H2,29,31,34). The van der Waals surface area contributed by atoms with E-state index in [1.54, 1.807) is 36.4 Å². The summed E-state index contributed by atoms with van der Waals surface area (Å²) in [6.07, 6.45) is 1.75. The van der Waals surface area contributed by atoms with Crippen LogP contribution < -0.4 is 20.7 Å². The van der Waals surface area contributed by atoms with Crippen molar-refractivity contribution in [3.63, 3.8) is 0 Å². The molecule has 3 aromatic carbocycles. The Hall–Kier alpha value is -3.52. The molecule has 0 fully saturated rings. The van der Waals surface area contributed by atoms with Gasteiger partial charge in [-0.2, -0.15) is 0 Å². The van der Waals surface area contributed by atoms with Crippen molar-refractivity contribution >= 4 is 34.6 Å². The number of carbonyl (C=O) groups excluding carboxylic acids is 1. The topological polar surface area (TPSA) is 62.4 Å². The van der Waals surface area contributed by atoms with Crippen LogP contribution in [0.2, 0.25) is 0 Å². The number of ether oxygens (including phenoxy) is 1. The van der Waals surface area contributed by atoms with E-state index in [1.165, 1.54) is 30.3 Å². The molecule has 1 atom stereocenters. The Balaban J connectivity index is 1.79. The minimum atomic E-state index is -0.608. The first-order valence-electron chi connectivity index (χ1n) is 11.0. The molecule has 0 aliphatic carbocycles. The highest BCUT2D eigenvalue weighted by atomic mass is 32.1. The normalized spacial score (nSPS) is 11.4. The van der Waals surface area contributed by atoms with Gasteiger partial charge >= 0.3 is 0 Å². The monoisotopic (exact) mass is 483 g/mol. The van der Waals surface area contributed by atoms with Crippen LogP contribution in [0.3, 0.4) is 0 Å². The maximum absolute atomic E-state index is 14.1. The van der Waals surface area contributed by atoms with E-state index >= 15 is 0 Å². The molecule has 178 valence electrons. The van der Waals surface area contributed by atoms with Gasteiger partial charge in [-0.1, -0.05) is 43.7 Å². The predicted molar refractivity (Wildman–Crippen MR) is 135 cm³/mol. The summed E-state index contributed by atoms with van der Waals surface area (Å²) in [6, 6.07) is 17.0. The summed E-state index contributed by atoms with van der Waals surface area (Å²) >= 11 is 5.47. The molecule has 0 heterocycles. The maximum atomic E-state index is 14.1. The van der Waals surface area contributed by atoms with Crippen LogP contribution in [0, 0.1) is 11.6 Å². The van der Waals surface area contributed by atoms with Crippen LogP contribution in [0.1, 0.15) is 48.7 Å². The van der Waals surface area contributed by atoms with Gasteiger partial charge in [0.25, 0.3) is 5.91 Å². The molecule has 0 aliphatic heterocycles. The lowest BCUT2D eigenvalue weighted by atomic mass is 10.1. The molecule has 0 bridgehead atoms. The lowest BCUT2D eigenvalue weighted by Crippen LogP contribution is -2.31. The van der Waals surface area contributed by atoms with Crippen LogP contribution in [-0.2, 0) is 0 Å². The second-order valence-corrected chi connectivity index (χ2v) is 8.10. The van der Waals surface area contributed by atoms with E-state index in [1.807, 2.05) is 13.8 Å². The number of anilines is 2. The number of unbranched alkanes of at least 4 members (excludes halogenated alkanes) is 1. The van der Waals surface area contributed by atoms with Crippen molar-refractivity contribution in [2.45, 2.75) is 32.7 Å². The Labute approximate surface area is 203 Å². The number of rotatable bonds is 9. The Morgan fingerprint density at radius 3 is 2.32 bits per heavy atom. The zero-order valence-corrected chi connectivity index (χ0v) is 19.8. The van der Waals surface area contributed by atoms with E-state index < -0.39 is 11.7 Å². The Morgan fingerprint density at radius 2 is 1.65 bits per heavy atom. The average molecular weight is 484 g/mol. The van der Waals surface area contributed by atoms with Gasteiger partial charge in [-0.3, -0.25) is 4.79 Å². The minimum Gasteiger partial charge on any atom is -0.489 e. The molecule has 8 heteroatoms. The minimum absolute atomic E-state index is 0.0642. The molecule has 0 aromatic heterocycles. The van der Waals surface area contributed by atoms with Gasteiger partial charge in [0, 0.05) is 0 Å². The number of hydrogen-bond acceptors (Lipinski definition) is 3. The Kier molecular flexibility index (Phi) is 8.93. The van der Waals surface area contributed by atoms with Crippen molar-refractivity contribution in [3.05, 3.63) is 89.5 Å². The number of nitrogens with one attached hydrogen (secondary N) is 3. The molecule has 0 saturated heterocycles. The van der Waals surface area contributed by atoms with Crippen molar-refractivity contribution in [1.82, 2.24) is 5.32 Å². The first-order valence-corrected chi connectivity index (χ1v) is 11.4. The highest BCUT2D eigenvalue weighted by molar-refractivity contribution is 7.80. The fourth-order valence-electron chi connectivity index (χ4n) is 3.23. The van der Waals surface area contributed by atoms with E-state index in [2.05, 4.69) is 16.0 Å². The first-order chi connectivity index (χ1) is 16.4. The summed E-state index contributed by atoms with van der Waals surface area (Å²) in [4.78, 5) is 12.7. The van der Waals surface area contributed by atoms with E-state index in [4.69, 9.17) is 17.0 Å². The molecule has 0 spiro atoms. The summed E-state index contributed by atoms with van der Waals surface area (Å²) in [5, 5.41) is 9.33. The highest BCUT2D eigenvalue weighted by Crippen LogP contribution is 2.34.